The summed E-state index contributed by atoms with van der Waals surface area (Å²) < 4.78 is 7.06. The molecule has 130 valence electrons. The molecule has 0 saturated carbocycles. The molecule has 6 nitrogen and oxygen atoms in total. The van der Waals surface area contributed by atoms with Crippen molar-refractivity contribution in [3.63, 3.8) is 0 Å². The highest BCUT2D eigenvalue weighted by atomic mass is 16.5. The number of aryl methyl sites for hydroxylation is 2. The molecule has 3 aromatic rings. The van der Waals surface area contributed by atoms with Gasteiger partial charge >= 0.3 is 0 Å². The smallest absolute Gasteiger partial charge is 0.253 e. The molecule has 0 aliphatic heterocycles. The maximum absolute atomic E-state index is 12.5. The van der Waals surface area contributed by atoms with E-state index in [2.05, 4.69) is 10.5 Å². The Bertz CT molecular complexity index is 891. The van der Waals surface area contributed by atoms with E-state index in [1.807, 2.05) is 61.7 Å². The Morgan fingerprint density at radius 3 is 2.56 bits per heavy atom. The molecule has 25 heavy (non-hydrogen) atoms. The van der Waals surface area contributed by atoms with E-state index in [9.17, 15) is 4.79 Å². The van der Waals surface area contributed by atoms with Gasteiger partial charge in [-0.2, -0.15) is 0 Å². The molecule has 3 N–H and O–H groups in total. The Kier molecular flexibility index (Phi) is 4.61. The lowest BCUT2D eigenvalue weighted by atomic mass is 10.1. The molecule has 1 aromatic carbocycles. The van der Waals surface area contributed by atoms with Gasteiger partial charge in [0.15, 0.2) is 5.82 Å². The van der Waals surface area contributed by atoms with Crippen molar-refractivity contribution in [2.45, 2.75) is 27.2 Å². The fraction of sp³-hybridized carbons (Fsp3) is 0.263. The van der Waals surface area contributed by atoms with E-state index < -0.39 is 0 Å². The van der Waals surface area contributed by atoms with Gasteiger partial charge in [0.05, 0.1) is 5.56 Å². The maximum atomic E-state index is 12.5. The number of carbonyl (C=O) groups is 1. The van der Waals surface area contributed by atoms with E-state index in [0.29, 0.717) is 17.9 Å². The zero-order valence-corrected chi connectivity index (χ0v) is 14.7. The van der Waals surface area contributed by atoms with Crippen LogP contribution in [0.5, 0.6) is 0 Å². The van der Waals surface area contributed by atoms with E-state index in [4.69, 9.17) is 10.3 Å². The SMILES string of the molecule is Cc1cc(-n2c(C)cc(C(=O)NCCc3ccc(N)cc3)c2C)no1. The van der Waals surface area contributed by atoms with Crippen LogP contribution >= 0.6 is 0 Å². The number of hydrogen-bond acceptors (Lipinski definition) is 4. The van der Waals surface area contributed by atoms with E-state index in [-0.39, 0.29) is 5.91 Å². The number of nitrogen functional groups attached to an aromatic ring is 1. The Labute approximate surface area is 146 Å². The van der Waals surface area contributed by atoms with Crippen molar-refractivity contribution >= 4 is 11.6 Å². The fourth-order valence-corrected chi connectivity index (χ4v) is 2.90. The van der Waals surface area contributed by atoms with Crippen LogP contribution in [0.3, 0.4) is 0 Å². The summed E-state index contributed by atoms with van der Waals surface area (Å²) in [7, 11) is 0. The summed E-state index contributed by atoms with van der Waals surface area (Å²) in [5.41, 5.74) is 9.99. The first kappa shape index (κ1) is 16.8. The normalized spacial score (nSPS) is 10.8. The number of nitrogens with two attached hydrogens (primary N) is 1. The summed E-state index contributed by atoms with van der Waals surface area (Å²) in [6.07, 6.45) is 0.757. The van der Waals surface area contributed by atoms with Gasteiger partial charge in [-0.25, -0.2) is 0 Å². The number of hydrogen-bond donors (Lipinski definition) is 2. The molecule has 0 atom stereocenters. The highest BCUT2D eigenvalue weighted by Gasteiger charge is 2.18. The van der Waals surface area contributed by atoms with E-state index >= 15 is 0 Å². The molecule has 3 rings (SSSR count). The second kappa shape index (κ2) is 6.84. The third-order valence-corrected chi connectivity index (χ3v) is 4.20. The number of aromatic nitrogens is 2. The standard InChI is InChI=1S/C19H22N4O2/c1-12-10-17(14(3)23(12)18-11-13(2)25-22-18)19(24)21-9-8-15-4-6-16(20)7-5-15/h4-7,10-11H,8-9,20H2,1-3H3,(H,21,24). The van der Waals surface area contributed by atoms with Crippen molar-refractivity contribution < 1.29 is 9.32 Å². The molecule has 0 bridgehead atoms. The van der Waals surface area contributed by atoms with Crippen LogP contribution in [0.15, 0.2) is 40.9 Å². The summed E-state index contributed by atoms with van der Waals surface area (Å²) in [5, 5.41) is 7.01. The van der Waals surface area contributed by atoms with Gasteiger partial charge in [-0.15, -0.1) is 0 Å². The lowest BCUT2D eigenvalue weighted by Crippen LogP contribution is -2.26. The lowest BCUT2D eigenvalue weighted by molar-refractivity contribution is 0.0953. The number of carbonyl (C=O) groups excluding carboxylic acids is 1. The van der Waals surface area contributed by atoms with Gasteiger partial charge in [-0.1, -0.05) is 17.3 Å². The minimum Gasteiger partial charge on any atom is -0.399 e. The molecule has 0 fully saturated rings. The van der Waals surface area contributed by atoms with Crippen LogP contribution in [-0.4, -0.2) is 22.2 Å². The van der Waals surface area contributed by atoms with Crippen LogP contribution in [0.25, 0.3) is 5.82 Å². The molecule has 0 aliphatic carbocycles. The van der Waals surface area contributed by atoms with E-state index in [1.165, 1.54) is 0 Å². The van der Waals surface area contributed by atoms with Crippen molar-refractivity contribution in [2.75, 3.05) is 12.3 Å². The first-order valence-corrected chi connectivity index (χ1v) is 8.21. The van der Waals surface area contributed by atoms with Crippen molar-refractivity contribution in [1.82, 2.24) is 15.0 Å². The van der Waals surface area contributed by atoms with Gasteiger partial charge in [0.2, 0.25) is 0 Å². The van der Waals surface area contributed by atoms with Gasteiger partial charge in [0, 0.05) is 29.7 Å². The summed E-state index contributed by atoms with van der Waals surface area (Å²) >= 11 is 0. The highest BCUT2D eigenvalue weighted by Crippen LogP contribution is 2.20. The van der Waals surface area contributed by atoms with Crippen LogP contribution in [0.2, 0.25) is 0 Å². The van der Waals surface area contributed by atoms with Gasteiger partial charge in [-0.05, 0) is 51.0 Å². The fourth-order valence-electron chi connectivity index (χ4n) is 2.90. The van der Waals surface area contributed by atoms with Crippen LogP contribution < -0.4 is 11.1 Å². The van der Waals surface area contributed by atoms with Gasteiger partial charge in [0.25, 0.3) is 5.91 Å². The third kappa shape index (κ3) is 3.57. The van der Waals surface area contributed by atoms with Crippen LogP contribution in [0, 0.1) is 20.8 Å². The number of anilines is 1. The molecular weight excluding hydrogens is 316 g/mol. The average Bonchev–Trinajstić information content (AvgIpc) is 3.12. The lowest BCUT2D eigenvalue weighted by Gasteiger charge is -2.07. The number of nitrogens with zero attached hydrogens (tertiary/aromatic N) is 2. The highest BCUT2D eigenvalue weighted by molar-refractivity contribution is 5.95. The predicted molar refractivity (Wildman–Crippen MR) is 96.9 cm³/mol. The molecular formula is C19H22N4O2. The Balaban J connectivity index is 1.69. The van der Waals surface area contributed by atoms with Crippen LogP contribution in [-0.2, 0) is 6.42 Å². The second-order valence-corrected chi connectivity index (χ2v) is 6.16. The number of benzene rings is 1. The van der Waals surface area contributed by atoms with Gasteiger partial charge in [0.1, 0.15) is 5.76 Å². The second-order valence-electron chi connectivity index (χ2n) is 6.16. The summed E-state index contributed by atoms with van der Waals surface area (Å²) in [4.78, 5) is 12.5. The Morgan fingerprint density at radius 2 is 1.92 bits per heavy atom. The maximum Gasteiger partial charge on any atom is 0.253 e. The van der Waals surface area contributed by atoms with E-state index in [0.717, 1.165) is 34.8 Å². The third-order valence-electron chi connectivity index (χ3n) is 4.20. The molecule has 1 amide bonds. The van der Waals surface area contributed by atoms with Gasteiger partial charge < -0.3 is 15.6 Å². The monoisotopic (exact) mass is 338 g/mol. The van der Waals surface area contributed by atoms with Crippen molar-refractivity contribution in [3.05, 3.63) is 64.7 Å². The van der Waals surface area contributed by atoms with Crippen molar-refractivity contribution in [1.29, 1.82) is 0 Å². The molecule has 6 heteroatoms. The predicted octanol–water partition coefficient (Wildman–Crippen LogP) is 2.95. The zero-order chi connectivity index (χ0) is 18.0. The number of nitrogens with one attached hydrogen (secondary N) is 1. The first-order valence-electron chi connectivity index (χ1n) is 8.21. The van der Waals surface area contributed by atoms with Crippen molar-refractivity contribution in [3.8, 4) is 5.82 Å². The van der Waals surface area contributed by atoms with Crippen LogP contribution in [0.1, 0.15) is 33.1 Å². The molecule has 0 radical (unpaired) electrons. The van der Waals surface area contributed by atoms with Gasteiger partial charge in [-0.3, -0.25) is 9.36 Å². The summed E-state index contributed by atoms with van der Waals surface area (Å²) in [5.74, 6) is 1.33. The Hall–Kier alpha value is -3.02. The molecule has 0 aliphatic rings. The minimum atomic E-state index is -0.0880. The molecule has 0 saturated heterocycles. The Morgan fingerprint density at radius 1 is 1.20 bits per heavy atom. The van der Waals surface area contributed by atoms with Crippen molar-refractivity contribution in [2.24, 2.45) is 0 Å². The minimum absolute atomic E-state index is 0.0880. The zero-order valence-electron chi connectivity index (χ0n) is 14.7. The number of amides is 1. The van der Waals surface area contributed by atoms with E-state index in [1.54, 1.807) is 0 Å². The number of rotatable bonds is 5. The molecule has 2 heterocycles. The summed E-state index contributed by atoms with van der Waals surface area (Å²) in [6.45, 7) is 6.26. The topological polar surface area (TPSA) is 86.1 Å². The molecule has 0 spiro atoms. The quantitative estimate of drug-likeness (QED) is 0.700. The van der Waals surface area contributed by atoms with Crippen LogP contribution in [0.4, 0.5) is 5.69 Å². The molecule has 0 unspecified atom stereocenters. The first-order chi connectivity index (χ1) is 12.0. The largest absolute Gasteiger partial charge is 0.399 e. The molecule has 2 aromatic heterocycles. The summed E-state index contributed by atoms with van der Waals surface area (Å²) in [6, 6.07) is 11.4. The average molecular weight is 338 g/mol.